The SMILES string of the molecule is CNc1ccc(-c2cccc(C(=O)N(C)CCc3scnc3C)c2)nn1. The number of anilines is 1. The zero-order chi connectivity index (χ0) is 18.5. The molecule has 0 aliphatic heterocycles. The van der Waals surface area contributed by atoms with Crippen molar-refractivity contribution in [3.05, 3.63) is 58.0 Å². The second-order valence-corrected chi connectivity index (χ2v) is 6.91. The number of carbonyl (C=O) groups excluding carboxylic acids is 1. The van der Waals surface area contributed by atoms with Gasteiger partial charge in [0, 0.05) is 43.1 Å². The molecule has 0 saturated heterocycles. The molecule has 1 amide bonds. The molecule has 0 radical (unpaired) electrons. The number of rotatable bonds is 6. The Balaban J connectivity index is 1.71. The first kappa shape index (κ1) is 18.0. The lowest BCUT2D eigenvalue weighted by atomic mass is 10.1. The number of thiazole rings is 1. The van der Waals surface area contributed by atoms with Crippen molar-refractivity contribution in [2.75, 3.05) is 26.0 Å². The van der Waals surface area contributed by atoms with Crippen molar-refractivity contribution in [3.8, 4) is 11.3 Å². The minimum Gasteiger partial charge on any atom is -0.372 e. The van der Waals surface area contributed by atoms with Gasteiger partial charge in [-0.2, -0.15) is 0 Å². The Morgan fingerprint density at radius 3 is 2.73 bits per heavy atom. The third-order valence-electron chi connectivity index (χ3n) is 4.19. The lowest BCUT2D eigenvalue weighted by Crippen LogP contribution is -2.28. The predicted octanol–water partition coefficient (Wildman–Crippen LogP) is 3.26. The fraction of sp³-hybridized carbons (Fsp3) is 0.263. The van der Waals surface area contributed by atoms with Gasteiger partial charge in [0.1, 0.15) is 5.82 Å². The van der Waals surface area contributed by atoms with Crippen LogP contribution in [0.15, 0.2) is 41.9 Å². The van der Waals surface area contributed by atoms with Crippen LogP contribution in [0.3, 0.4) is 0 Å². The Morgan fingerprint density at radius 2 is 2.08 bits per heavy atom. The molecule has 1 N–H and O–H groups in total. The molecule has 6 nitrogen and oxygen atoms in total. The summed E-state index contributed by atoms with van der Waals surface area (Å²) >= 11 is 1.63. The predicted molar refractivity (Wildman–Crippen MR) is 105 cm³/mol. The van der Waals surface area contributed by atoms with Crippen molar-refractivity contribution in [2.24, 2.45) is 0 Å². The van der Waals surface area contributed by atoms with Gasteiger partial charge in [0.25, 0.3) is 5.91 Å². The fourth-order valence-corrected chi connectivity index (χ4v) is 3.36. The molecule has 0 fully saturated rings. The van der Waals surface area contributed by atoms with E-state index in [1.807, 2.05) is 55.9 Å². The molecule has 3 rings (SSSR count). The van der Waals surface area contributed by atoms with Gasteiger partial charge in [-0.1, -0.05) is 12.1 Å². The van der Waals surface area contributed by atoms with E-state index in [-0.39, 0.29) is 5.91 Å². The fourth-order valence-electron chi connectivity index (χ4n) is 2.59. The second-order valence-electron chi connectivity index (χ2n) is 5.97. The minimum atomic E-state index is -0.00572. The molecule has 0 bridgehead atoms. The summed E-state index contributed by atoms with van der Waals surface area (Å²) in [5.74, 6) is 0.702. The molecule has 1 aromatic carbocycles. The molecular formula is C19H21N5OS. The Labute approximate surface area is 156 Å². The van der Waals surface area contributed by atoms with Gasteiger partial charge in [0.05, 0.1) is 16.9 Å². The van der Waals surface area contributed by atoms with Crippen molar-refractivity contribution in [2.45, 2.75) is 13.3 Å². The first-order valence-electron chi connectivity index (χ1n) is 8.35. The third-order valence-corrected chi connectivity index (χ3v) is 5.19. The first-order valence-corrected chi connectivity index (χ1v) is 9.23. The highest BCUT2D eigenvalue weighted by atomic mass is 32.1. The smallest absolute Gasteiger partial charge is 0.253 e. The van der Waals surface area contributed by atoms with Gasteiger partial charge >= 0.3 is 0 Å². The van der Waals surface area contributed by atoms with E-state index < -0.39 is 0 Å². The highest BCUT2D eigenvalue weighted by molar-refractivity contribution is 7.09. The number of benzene rings is 1. The molecule has 0 unspecified atom stereocenters. The zero-order valence-electron chi connectivity index (χ0n) is 15.1. The van der Waals surface area contributed by atoms with Gasteiger partial charge in [-0.25, -0.2) is 4.98 Å². The maximum absolute atomic E-state index is 12.7. The molecule has 26 heavy (non-hydrogen) atoms. The number of carbonyl (C=O) groups is 1. The maximum atomic E-state index is 12.7. The number of likely N-dealkylation sites (N-methyl/N-ethyl adjacent to an activating group) is 1. The number of aryl methyl sites for hydroxylation is 1. The maximum Gasteiger partial charge on any atom is 0.253 e. The normalized spacial score (nSPS) is 10.6. The Bertz CT molecular complexity index is 891. The van der Waals surface area contributed by atoms with E-state index in [2.05, 4.69) is 20.5 Å². The van der Waals surface area contributed by atoms with Crippen molar-refractivity contribution in [1.29, 1.82) is 0 Å². The van der Waals surface area contributed by atoms with Crippen molar-refractivity contribution >= 4 is 23.1 Å². The van der Waals surface area contributed by atoms with E-state index in [1.165, 1.54) is 4.88 Å². The molecule has 0 aliphatic carbocycles. The van der Waals surface area contributed by atoms with Gasteiger partial charge in [-0.3, -0.25) is 4.79 Å². The zero-order valence-corrected chi connectivity index (χ0v) is 15.9. The molecule has 7 heteroatoms. The molecule has 134 valence electrons. The lowest BCUT2D eigenvalue weighted by Gasteiger charge is -2.17. The third kappa shape index (κ3) is 4.05. The molecule has 2 heterocycles. The molecule has 3 aromatic rings. The number of nitrogens with one attached hydrogen (secondary N) is 1. The number of aromatic nitrogens is 3. The van der Waals surface area contributed by atoms with E-state index in [9.17, 15) is 4.79 Å². The molecular weight excluding hydrogens is 346 g/mol. The summed E-state index contributed by atoms with van der Waals surface area (Å²) in [6.45, 7) is 2.65. The van der Waals surface area contributed by atoms with Crippen LogP contribution in [0, 0.1) is 6.92 Å². The number of hydrogen-bond acceptors (Lipinski definition) is 6. The van der Waals surface area contributed by atoms with Crippen LogP contribution in [0.5, 0.6) is 0 Å². The van der Waals surface area contributed by atoms with Crippen molar-refractivity contribution in [3.63, 3.8) is 0 Å². The van der Waals surface area contributed by atoms with Gasteiger partial charge in [-0.15, -0.1) is 21.5 Å². The van der Waals surface area contributed by atoms with E-state index in [1.54, 1.807) is 23.3 Å². The number of hydrogen-bond donors (Lipinski definition) is 1. The largest absolute Gasteiger partial charge is 0.372 e. The molecule has 0 saturated carbocycles. The summed E-state index contributed by atoms with van der Waals surface area (Å²) in [4.78, 5) is 20.0. The van der Waals surface area contributed by atoms with Crippen LogP contribution < -0.4 is 5.32 Å². The molecule has 0 atom stereocenters. The van der Waals surface area contributed by atoms with Crippen LogP contribution in [-0.2, 0) is 6.42 Å². The van der Waals surface area contributed by atoms with Crippen molar-refractivity contribution < 1.29 is 4.79 Å². The molecule has 0 aliphatic rings. The molecule has 0 spiro atoms. The monoisotopic (exact) mass is 367 g/mol. The number of amides is 1. The highest BCUT2D eigenvalue weighted by Gasteiger charge is 2.14. The van der Waals surface area contributed by atoms with E-state index >= 15 is 0 Å². The average molecular weight is 367 g/mol. The highest BCUT2D eigenvalue weighted by Crippen LogP contribution is 2.20. The van der Waals surface area contributed by atoms with Crippen LogP contribution in [0.25, 0.3) is 11.3 Å². The Kier molecular flexibility index (Phi) is 5.58. The summed E-state index contributed by atoms with van der Waals surface area (Å²) in [5, 5.41) is 11.2. The van der Waals surface area contributed by atoms with Gasteiger partial charge in [0.15, 0.2) is 0 Å². The number of nitrogens with zero attached hydrogens (tertiary/aromatic N) is 4. The summed E-state index contributed by atoms with van der Waals surface area (Å²) in [6, 6.07) is 11.2. The van der Waals surface area contributed by atoms with E-state index in [0.717, 1.165) is 23.4 Å². The van der Waals surface area contributed by atoms with E-state index in [4.69, 9.17) is 0 Å². The van der Waals surface area contributed by atoms with Gasteiger partial charge in [0.2, 0.25) is 0 Å². The quantitative estimate of drug-likeness (QED) is 0.724. The summed E-state index contributed by atoms with van der Waals surface area (Å²) in [7, 11) is 3.62. The van der Waals surface area contributed by atoms with Crippen LogP contribution in [0.1, 0.15) is 20.9 Å². The van der Waals surface area contributed by atoms with Crippen LogP contribution in [0.4, 0.5) is 5.82 Å². The Morgan fingerprint density at radius 1 is 1.23 bits per heavy atom. The summed E-state index contributed by atoms with van der Waals surface area (Å²) < 4.78 is 0. The van der Waals surface area contributed by atoms with Crippen LogP contribution >= 0.6 is 11.3 Å². The Hall–Kier alpha value is -2.80. The molecule has 2 aromatic heterocycles. The average Bonchev–Trinajstić information content (AvgIpc) is 3.10. The lowest BCUT2D eigenvalue weighted by molar-refractivity contribution is 0.0797. The van der Waals surface area contributed by atoms with Crippen molar-refractivity contribution in [1.82, 2.24) is 20.1 Å². The van der Waals surface area contributed by atoms with Gasteiger partial charge in [-0.05, 0) is 31.2 Å². The summed E-state index contributed by atoms with van der Waals surface area (Å²) in [6.07, 6.45) is 0.815. The minimum absolute atomic E-state index is 0.00572. The van der Waals surface area contributed by atoms with Crippen LogP contribution in [-0.4, -0.2) is 46.6 Å². The first-order chi connectivity index (χ1) is 12.6. The standard InChI is InChI=1S/C19H21N5OS/c1-13-17(26-12-21-13)9-10-24(3)19(25)15-6-4-5-14(11-15)16-7-8-18(20-2)23-22-16/h4-8,11-12H,9-10H2,1-3H3,(H,20,23). The van der Waals surface area contributed by atoms with E-state index in [0.29, 0.717) is 17.9 Å². The second kappa shape index (κ2) is 8.05. The topological polar surface area (TPSA) is 71.0 Å². The van der Waals surface area contributed by atoms with Gasteiger partial charge < -0.3 is 10.2 Å². The van der Waals surface area contributed by atoms with Crippen LogP contribution in [0.2, 0.25) is 0 Å². The summed E-state index contributed by atoms with van der Waals surface area (Å²) in [5.41, 5.74) is 5.14.